The topological polar surface area (TPSA) is 84.6 Å². The molecule has 5 rings (SSSR count). The van der Waals surface area contributed by atoms with Crippen molar-refractivity contribution in [2.75, 3.05) is 43.4 Å². The highest BCUT2D eigenvalue weighted by atomic mass is 19.2. The Labute approximate surface area is 218 Å². The van der Waals surface area contributed by atoms with Gasteiger partial charge in [-0.2, -0.15) is 5.10 Å². The van der Waals surface area contributed by atoms with E-state index in [0.29, 0.717) is 22.9 Å². The molecule has 38 heavy (non-hydrogen) atoms. The fourth-order valence-electron chi connectivity index (χ4n) is 5.06. The molecule has 200 valence electrons. The predicted octanol–water partition coefficient (Wildman–Crippen LogP) is 3.65. The third kappa shape index (κ3) is 4.62. The van der Waals surface area contributed by atoms with E-state index >= 15 is 0 Å². The minimum absolute atomic E-state index is 0.0637. The number of nitrogens with one attached hydrogen (secondary N) is 2. The van der Waals surface area contributed by atoms with Gasteiger partial charge in [0.05, 0.1) is 24.2 Å². The summed E-state index contributed by atoms with van der Waals surface area (Å²) >= 11 is 0. The van der Waals surface area contributed by atoms with Crippen molar-refractivity contribution in [3.63, 3.8) is 0 Å². The first-order chi connectivity index (χ1) is 18.1. The maximum absolute atomic E-state index is 14.2. The monoisotopic (exact) mass is 526 g/mol. The molecule has 1 fully saturated rings. The van der Waals surface area contributed by atoms with Crippen molar-refractivity contribution in [2.45, 2.75) is 32.4 Å². The van der Waals surface area contributed by atoms with Crippen molar-refractivity contribution >= 4 is 23.3 Å². The molecule has 0 bridgehead atoms. The summed E-state index contributed by atoms with van der Waals surface area (Å²) in [6.07, 6.45) is -0.641. The molecule has 1 saturated heterocycles. The van der Waals surface area contributed by atoms with Crippen LogP contribution in [0.15, 0.2) is 36.4 Å². The van der Waals surface area contributed by atoms with Crippen molar-refractivity contribution in [3.8, 4) is 0 Å². The Hall–Kier alpha value is -3.86. The van der Waals surface area contributed by atoms with Gasteiger partial charge in [0.15, 0.2) is 17.5 Å². The van der Waals surface area contributed by atoms with E-state index in [-0.39, 0.29) is 18.3 Å². The largest absolute Gasteiger partial charge is 0.369 e. The van der Waals surface area contributed by atoms with Gasteiger partial charge in [-0.3, -0.25) is 14.7 Å². The lowest BCUT2D eigenvalue weighted by Gasteiger charge is -2.34. The number of amides is 2. The lowest BCUT2D eigenvalue weighted by molar-refractivity contribution is -0.136. The first kappa shape index (κ1) is 25.8. The first-order valence-electron chi connectivity index (χ1n) is 12.4. The van der Waals surface area contributed by atoms with Crippen LogP contribution in [0, 0.1) is 17.5 Å². The van der Waals surface area contributed by atoms with Gasteiger partial charge in [0, 0.05) is 48.6 Å². The zero-order valence-electron chi connectivity index (χ0n) is 21.4. The van der Waals surface area contributed by atoms with Crippen molar-refractivity contribution in [1.29, 1.82) is 0 Å². The van der Waals surface area contributed by atoms with Crippen LogP contribution in [0.2, 0.25) is 0 Å². The molecule has 2 aromatic carbocycles. The summed E-state index contributed by atoms with van der Waals surface area (Å²) in [5.74, 6) is -4.23. The number of piperazine rings is 1. The summed E-state index contributed by atoms with van der Waals surface area (Å²) in [5, 5.41) is 9.94. The average Bonchev–Trinajstić information content (AvgIpc) is 3.42. The number of aromatic nitrogens is 2. The number of hydrogen-bond acceptors (Lipinski definition) is 5. The zero-order valence-corrected chi connectivity index (χ0v) is 21.4. The van der Waals surface area contributed by atoms with E-state index in [9.17, 15) is 22.8 Å². The fourth-order valence-corrected chi connectivity index (χ4v) is 5.06. The number of fused-ring (bicyclic) bond motifs is 1. The molecular weight excluding hydrogens is 497 g/mol. The molecule has 0 saturated carbocycles. The highest BCUT2D eigenvalue weighted by molar-refractivity contribution is 6.04. The molecule has 0 radical (unpaired) electrons. The number of H-pyrrole nitrogens is 1. The summed E-state index contributed by atoms with van der Waals surface area (Å²) in [6.45, 7) is 7.39. The minimum atomic E-state index is -1.37. The molecule has 2 N–H and O–H groups in total. The number of carbonyl (C=O) groups is 2. The molecule has 0 atom stereocenters. The average molecular weight is 527 g/mol. The molecule has 1 aromatic heterocycles. The number of hydrogen-bond donors (Lipinski definition) is 2. The third-order valence-corrected chi connectivity index (χ3v) is 7.47. The van der Waals surface area contributed by atoms with Crippen LogP contribution in [0.1, 0.15) is 41.0 Å². The second-order valence-electron chi connectivity index (χ2n) is 10.3. The normalized spacial score (nSPS) is 17.0. The number of halogens is 3. The van der Waals surface area contributed by atoms with E-state index < -0.39 is 40.9 Å². The number of benzene rings is 2. The van der Waals surface area contributed by atoms with E-state index in [4.69, 9.17) is 0 Å². The van der Waals surface area contributed by atoms with Crippen LogP contribution in [0.3, 0.4) is 0 Å². The van der Waals surface area contributed by atoms with Gasteiger partial charge in [-0.1, -0.05) is 0 Å². The zero-order chi connectivity index (χ0) is 27.2. The molecule has 0 unspecified atom stereocenters. The minimum Gasteiger partial charge on any atom is -0.369 e. The molecule has 0 aliphatic carbocycles. The van der Waals surface area contributed by atoms with Crippen LogP contribution in [0.4, 0.5) is 24.7 Å². The number of aromatic amines is 1. The van der Waals surface area contributed by atoms with Gasteiger partial charge in [0.25, 0.3) is 5.91 Å². The number of carbonyl (C=O) groups excluding carboxylic acids is 2. The summed E-state index contributed by atoms with van der Waals surface area (Å²) in [4.78, 5) is 32.1. The van der Waals surface area contributed by atoms with Gasteiger partial charge < -0.3 is 20.0 Å². The lowest BCUT2D eigenvalue weighted by atomic mass is 9.99. The number of rotatable bonds is 5. The Morgan fingerprint density at radius 3 is 2.34 bits per heavy atom. The summed E-state index contributed by atoms with van der Waals surface area (Å²) in [7, 11) is 2.09. The van der Waals surface area contributed by atoms with Crippen molar-refractivity contribution in [1.82, 2.24) is 20.0 Å². The van der Waals surface area contributed by atoms with Gasteiger partial charge in [0.1, 0.15) is 5.82 Å². The highest BCUT2D eigenvalue weighted by Crippen LogP contribution is 2.41. The SMILES string of the molecule is CN1CCN(c2ccc(C(=O)Nc3n[nH]c4c3CN(C(=O)Cc3c(F)ccc(F)c3F)C4(C)C)cc2)CC1. The summed E-state index contributed by atoms with van der Waals surface area (Å²) in [5.41, 5.74) is 1.21. The van der Waals surface area contributed by atoms with Gasteiger partial charge in [0.2, 0.25) is 5.91 Å². The number of nitrogens with zero attached hydrogens (tertiary/aromatic N) is 4. The van der Waals surface area contributed by atoms with Crippen LogP contribution in [0.25, 0.3) is 0 Å². The Morgan fingerprint density at radius 2 is 1.66 bits per heavy atom. The van der Waals surface area contributed by atoms with Gasteiger partial charge in [-0.05, 0) is 57.3 Å². The molecule has 2 amide bonds. The quantitative estimate of drug-likeness (QED) is 0.496. The molecule has 2 aliphatic rings. The smallest absolute Gasteiger partial charge is 0.256 e. The Kier molecular flexibility index (Phi) is 6.64. The second kappa shape index (κ2) is 9.79. The van der Waals surface area contributed by atoms with E-state index in [1.165, 1.54) is 4.90 Å². The van der Waals surface area contributed by atoms with Gasteiger partial charge in [-0.15, -0.1) is 0 Å². The molecule has 3 heterocycles. The van der Waals surface area contributed by atoms with Crippen LogP contribution in [0.5, 0.6) is 0 Å². The molecular formula is C27H29F3N6O2. The van der Waals surface area contributed by atoms with E-state index in [2.05, 4.69) is 32.4 Å². The maximum Gasteiger partial charge on any atom is 0.256 e. The van der Waals surface area contributed by atoms with Crippen molar-refractivity contribution in [2.24, 2.45) is 0 Å². The Morgan fingerprint density at radius 1 is 1.00 bits per heavy atom. The van der Waals surface area contributed by atoms with Crippen LogP contribution in [-0.4, -0.2) is 65.0 Å². The number of anilines is 2. The summed E-state index contributed by atoms with van der Waals surface area (Å²) in [6, 6.07) is 8.85. The summed E-state index contributed by atoms with van der Waals surface area (Å²) < 4.78 is 41.9. The second-order valence-corrected chi connectivity index (χ2v) is 10.3. The van der Waals surface area contributed by atoms with Gasteiger partial charge >= 0.3 is 0 Å². The molecule has 3 aromatic rings. The van der Waals surface area contributed by atoms with E-state index in [1.807, 2.05) is 12.1 Å². The number of likely N-dealkylation sites (N-methyl/N-ethyl adjacent to an activating group) is 1. The predicted molar refractivity (Wildman–Crippen MR) is 136 cm³/mol. The molecule has 2 aliphatic heterocycles. The molecule has 0 spiro atoms. The lowest BCUT2D eigenvalue weighted by Crippen LogP contribution is -2.44. The standard InChI is InChI=1S/C27H29F3N6O2/c1-27(2)24-19(15-36(27)22(37)14-18-20(28)8-9-21(29)23(18)30)25(33-32-24)31-26(38)16-4-6-17(7-5-16)35-12-10-34(3)11-13-35/h4-9H,10-15H2,1-3H3,(H2,31,32,33,38). The third-order valence-electron chi connectivity index (χ3n) is 7.47. The first-order valence-corrected chi connectivity index (χ1v) is 12.4. The Bertz CT molecular complexity index is 1380. The van der Waals surface area contributed by atoms with E-state index in [1.54, 1.807) is 26.0 Å². The van der Waals surface area contributed by atoms with Crippen LogP contribution >= 0.6 is 0 Å². The Balaban J connectivity index is 1.29. The maximum atomic E-state index is 14.2. The molecule has 8 nitrogen and oxygen atoms in total. The fraction of sp³-hybridized carbons (Fsp3) is 0.370. The van der Waals surface area contributed by atoms with Crippen LogP contribution in [-0.2, 0) is 23.3 Å². The van der Waals surface area contributed by atoms with E-state index in [0.717, 1.165) is 37.9 Å². The van der Waals surface area contributed by atoms with Gasteiger partial charge in [-0.25, -0.2) is 13.2 Å². The van der Waals surface area contributed by atoms with Crippen LogP contribution < -0.4 is 10.2 Å². The molecule has 11 heteroatoms. The van der Waals surface area contributed by atoms with Crippen molar-refractivity contribution in [3.05, 3.63) is 76.2 Å². The highest BCUT2D eigenvalue weighted by Gasteiger charge is 2.44. The van der Waals surface area contributed by atoms with Crippen molar-refractivity contribution < 1.29 is 22.8 Å².